The van der Waals surface area contributed by atoms with Gasteiger partial charge in [0.15, 0.2) is 0 Å². The van der Waals surface area contributed by atoms with E-state index in [0.717, 1.165) is 0 Å². The second kappa shape index (κ2) is 177. The summed E-state index contributed by atoms with van der Waals surface area (Å²) in [5.74, 6) is 0. The normalized spacial score (nSPS) is 5.65. The summed E-state index contributed by atoms with van der Waals surface area (Å²) in [4.78, 5) is 0. The van der Waals surface area contributed by atoms with Crippen molar-refractivity contribution < 1.29 is 61.8 Å². The maximum absolute atomic E-state index is 6.25. The van der Waals surface area contributed by atoms with Crippen molar-refractivity contribution in [2.75, 3.05) is 19.6 Å². The van der Waals surface area contributed by atoms with Crippen molar-refractivity contribution in [2.45, 2.75) is 13.0 Å². The molecule has 0 heterocycles. The number of hydrogen-bond donors (Lipinski definition) is 4. The molecule has 11 heteroatoms. The minimum atomic E-state index is 0. The van der Waals surface area contributed by atoms with Gasteiger partial charge in [0.05, 0.1) is 0 Å². The fourth-order valence-electron chi connectivity index (χ4n) is 0. The Balaban J connectivity index is -0.0000000106. The molecule has 127 valence electrons. The fraction of sp³-hybridized carbons (Fsp3) is 0.556. The van der Waals surface area contributed by atoms with Crippen molar-refractivity contribution >= 4 is 0 Å². The third-order valence-corrected chi connectivity index (χ3v) is 0.538. The Morgan fingerprint density at radius 2 is 0.850 bits per heavy atom. The van der Waals surface area contributed by atoms with Gasteiger partial charge in [0.25, 0.3) is 0 Å². The zero-order chi connectivity index (χ0) is 15.7. The first-order chi connectivity index (χ1) is 8.18. The summed E-state index contributed by atoms with van der Waals surface area (Å²) >= 11 is 0. The molecule has 0 fully saturated rings. The van der Waals surface area contributed by atoms with Gasteiger partial charge in [-0.25, -0.2) is 0 Å². The largest absolute Gasteiger partial charge is 2.00 e. The Bertz CT molecular complexity index is 135. The molecular weight excluding hydrogens is 678 g/mol. The molecule has 0 aromatic carbocycles. The van der Waals surface area contributed by atoms with Crippen molar-refractivity contribution in [1.82, 2.24) is 0 Å². The van der Waals surface area contributed by atoms with Crippen LogP contribution in [-0.2, 0) is 61.8 Å². The summed E-state index contributed by atoms with van der Waals surface area (Å²) in [6.45, 7) is 22.7. The molecule has 20 heavy (non-hydrogen) atoms. The van der Waals surface area contributed by atoms with Gasteiger partial charge in [-0.1, -0.05) is 0 Å². The Hall–Kier alpha value is -0.200. The smallest absolute Gasteiger partial charge is 0.512 e. The second-order valence-electron chi connectivity index (χ2n) is 1.79. The molecule has 8 N–H and O–H groups in total. The number of hydrogen-bond acceptors (Lipinski definition) is 8. The summed E-state index contributed by atoms with van der Waals surface area (Å²) < 4.78 is 0. The van der Waals surface area contributed by atoms with E-state index in [-0.39, 0.29) is 67.9 Å². The van der Waals surface area contributed by atoms with Gasteiger partial charge in [0.2, 0.25) is 0 Å². The summed E-state index contributed by atoms with van der Waals surface area (Å²) in [5.41, 5.74) is 20.0. The third-order valence-electron chi connectivity index (χ3n) is 0.538. The van der Waals surface area contributed by atoms with Gasteiger partial charge in [-0.2, -0.15) is 0 Å². The quantitative estimate of drug-likeness (QED) is 0.199. The Labute approximate surface area is 163 Å². The molecule has 1 atom stereocenters. The van der Waals surface area contributed by atoms with Gasteiger partial charge >= 0.3 is 61.8 Å². The van der Waals surface area contributed by atoms with Gasteiger partial charge in [-0.15, -0.1) is 0 Å². The van der Waals surface area contributed by atoms with E-state index in [2.05, 4.69) is 0 Å². The van der Waals surface area contributed by atoms with E-state index in [4.69, 9.17) is 70.3 Å². The SMILES string of the molecule is CC(N)CN.NCCN.[Au+].[Au+].[C-]#N.[C-]#N.[C-]#N.[C-]#N.[Cu+2]. The molecule has 0 saturated heterocycles. The molecule has 0 amide bonds. The predicted molar refractivity (Wildman–Crippen MR) is 60.7 cm³/mol. The number of nitrogens with two attached hydrogens (primary N) is 4. The average Bonchev–Trinajstić information content (AvgIpc) is 2.47. The topological polar surface area (TPSA) is 199 Å². The van der Waals surface area contributed by atoms with E-state index < -0.39 is 0 Å². The first kappa shape index (κ1) is 60.0. The van der Waals surface area contributed by atoms with Crippen LogP contribution in [0.3, 0.4) is 0 Å². The van der Waals surface area contributed by atoms with E-state index in [0.29, 0.717) is 19.6 Å². The standard InChI is InChI=1S/C3H10N2.C2H8N2.4CN.2Au.Cu/c1-3(5)2-4;3-1-2-4;4*1-2;;;/h3H,2,4-5H2,1H3;1-4H2;;;;;;;/q;;4*-1;2*+1;+2. The molecule has 0 aliphatic heterocycles. The van der Waals surface area contributed by atoms with E-state index in [9.17, 15) is 0 Å². The minimum Gasteiger partial charge on any atom is -0.512 e. The van der Waals surface area contributed by atoms with Crippen molar-refractivity contribution in [3.8, 4) is 0 Å². The van der Waals surface area contributed by atoms with E-state index in [1.54, 1.807) is 0 Å². The summed E-state index contributed by atoms with van der Waals surface area (Å²) in [5, 5.41) is 25.0. The maximum atomic E-state index is 6.25. The molecule has 0 aliphatic rings. The van der Waals surface area contributed by atoms with Gasteiger partial charge in [0, 0.05) is 25.7 Å². The molecule has 0 bridgehead atoms. The molecule has 1 radical (unpaired) electrons. The van der Waals surface area contributed by atoms with Gasteiger partial charge in [0.1, 0.15) is 0 Å². The van der Waals surface area contributed by atoms with Crippen LogP contribution in [-0.4, -0.2) is 25.7 Å². The molecule has 0 saturated carbocycles. The van der Waals surface area contributed by atoms with Crippen LogP contribution in [0.15, 0.2) is 0 Å². The van der Waals surface area contributed by atoms with Gasteiger partial charge in [-0.05, 0) is 6.92 Å². The molecule has 0 aromatic rings. The van der Waals surface area contributed by atoms with Crippen LogP contribution in [0.4, 0.5) is 0 Å². The van der Waals surface area contributed by atoms with Gasteiger partial charge < -0.3 is 70.3 Å². The van der Waals surface area contributed by atoms with Crippen LogP contribution < -0.4 is 22.9 Å². The third kappa shape index (κ3) is 641. The average molecular weight is 696 g/mol. The molecular formula is C9H18Au2CuN8. The Morgan fingerprint density at radius 1 is 0.750 bits per heavy atom. The fourth-order valence-corrected chi connectivity index (χ4v) is 0. The molecule has 0 aliphatic carbocycles. The van der Waals surface area contributed by atoms with E-state index >= 15 is 0 Å². The summed E-state index contributed by atoms with van der Waals surface area (Å²) in [7, 11) is 0. The maximum Gasteiger partial charge on any atom is 2.00 e. The monoisotopic (exact) mass is 695 g/mol. The zero-order valence-electron chi connectivity index (χ0n) is 10.7. The van der Waals surface area contributed by atoms with Gasteiger partial charge in [-0.3, -0.25) is 0 Å². The zero-order valence-corrected chi connectivity index (χ0v) is 16.0. The Kier molecular flexibility index (Phi) is 531. The summed E-state index contributed by atoms with van der Waals surface area (Å²) in [6.07, 6.45) is 0. The second-order valence-corrected chi connectivity index (χ2v) is 1.79. The van der Waals surface area contributed by atoms with Crippen LogP contribution in [0.5, 0.6) is 0 Å². The molecule has 0 aromatic heterocycles. The van der Waals surface area contributed by atoms with E-state index in [1.807, 2.05) is 6.92 Å². The molecule has 1 unspecified atom stereocenters. The molecule has 0 spiro atoms. The first-order valence-electron chi connectivity index (χ1n) is 3.94. The van der Waals surface area contributed by atoms with Crippen LogP contribution in [0.25, 0.3) is 0 Å². The number of nitrogens with zero attached hydrogens (tertiary/aromatic N) is 4. The van der Waals surface area contributed by atoms with Crippen LogP contribution in [0, 0.1) is 47.3 Å². The molecule has 0 rings (SSSR count). The number of rotatable bonds is 2. The summed E-state index contributed by atoms with van der Waals surface area (Å²) in [6, 6.07) is 0.162. The van der Waals surface area contributed by atoms with Crippen molar-refractivity contribution in [3.05, 3.63) is 26.3 Å². The first-order valence-corrected chi connectivity index (χ1v) is 3.94. The molecule has 8 nitrogen and oxygen atoms in total. The minimum absolute atomic E-state index is 0. The van der Waals surface area contributed by atoms with Crippen LogP contribution >= 0.6 is 0 Å². The Morgan fingerprint density at radius 3 is 0.850 bits per heavy atom. The van der Waals surface area contributed by atoms with Crippen molar-refractivity contribution in [2.24, 2.45) is 22.9 Å². The van der Waals surface area contributed by atoms with Crippen molar-refractivity contribution in [3.63, 3.8) is 0 Å². The van der Waals surface area contributed by atoms with Crippen LogP contribution in [0.2, 0.25) is 0 Å². The van der Waals surface area contributed by atoms with Crippen molar-refractivity contribution in [1.29, 1.82) is 21.0 Å². The van der Waals surface area contributed by atoms with E-state index in [1.165, 1.54) is 0 Å². The predicted octanol–water partition coefficient (Wildman–Crippen LogP) is -1.43. The van der Waals surface area contributed by atoms with Crippen LogP contribution in [0.1, 0.15) is 6.92 Å².